The number of carbonyl (C=O) groups is 3. The molecule has 0 unspecified atom stereocenters. The fraction of sp³-hybridized carbons (Fsp3) is 0.577. The summed E-state index contributed by atoms with van der Waals surface area (Å²) in [6.07, 6.45) is 0.108. The van der Waals surface area contributed by atoms with Gasteiger partial charge in [-0.3, -0.25) is 4.79 Å². The minimum Gasteiger partial charge on any atom is -0.465 e. The van der Waals surface area contributed by atoms with Crippen LogP contribution in [0.2, 0.25) is 0 Å². The predicted molar refractivity (Wildman–Crippen MR) is 132 cm³/mol. The van der Waals surface area contributed by atoms with E-state index in [0.29, 0.717) is 38.9 Å². The van der Waals surface area contributed by atoms with Crippen LogP contribution in [0.25, 0.3) is 10.9 Å². The highest BCUT2D eigenvalue weighted by atomic mass is 16.6. The van der Waals surface area contributed by atoms with E-state index < -0.39 is 11.7 Å². The van der Waals surface area contributed by atoms with Gasteiger partial charge in [-0.2, -0.15) is 0 Å². The van der Waals surface area contributed by atoms with E-state index in [1.54, 1.807) is 4.90 Å². The Labute approximate surface area is 206 Å². The second-order valence-corrected chi connectivity index (χ2v) is 10.3. The molecule has 192 valence electrons. The lowest BCUT2D eigenvalue weighted by Crippen LogP contribution is -2.49. The summed E-state index contributed by atoms with van der Waals surface area (Å²) in [5, 5.41) is 10.9. The first-order valence-electron chi connectivity index (χ1n) is 12.2. The number of rotatable bonds is 7. The average molecular weight is 488 g/mol. The number of para-hydroxylation sites is 1. The zero-order valence-electron chi connectivity index (χ0n) is 21.3. The van der Waals surface area contributed by atoms with Crippen LogP contribution in [0.1, 0.15) is 58.7 Å². The maximum atomic E-state index is 12.4. The predicted octanol–water partition coefficient (Wildman–Crippen LogP) is 4.58. The molecule has 1 saturated heterocycles. The van der Waals surface area contributed by atoms with Gasteiger partial charge in [0.25, 0.3) is 0 Å². The van der Waals surface area contributed by atoms with Crippen LogP contribution in [-0.4, -0.2) is 75.4 Å². The van der Waals surface area contributed by atoms with E-state index in [2.05, 4.69) is 4.98 Å². The standard InChI is InChI=1S/C26H37N3O6/c1-17(2)34-23(30)16-22-20(19-8-6-7-9-21(19)27-22)12-15-29(24(31)32)18-10-13-28(14-11-18)25(33)35-26(3,4)5/h6-9,17-18,27H,10-16H2,1-5H3,(H,31,32). The molecule has 1 fully saturated rings. The molecule has 1 aliphatic rings. The highest BCUT2D eigenvalue weighted by Gasteiger charge is 2.31. The van der Waals surface area contributed by atoms with Gasteiger partial charge in [-0.05, 0) is 65.5 Å². The second-order valence-electron chi connectivity index (χ2n) is 10.3. The molecule has 1 aromatic heterocycles. The maximum absolute atomic E-state index is 12.4. The van der Waals surface area contributed by atoms with Gasteiger partial charge in [-0.15, -0.1) is 0 Å². The Morgan fingerprint density at radius 2 is 1.83 bits per heavy atom. The molecule has 2 N–H and O–H groups in total. The summed E-state index contributed by atoms with van der Waals surface area (Å²) in [4.78, 5) is 43.2. The van der Waals surface area contributed by atoms with Gasteiger partial charge in [0.1, 0.15) is 5.60 Å². The monoisotopic (exact) mass is 487 g/mol. The molecule has 2 heterocycles. The summed E-state index contributed by atoms with van der Waals surface area (Å²) in [5.74, 6) is -0.322. The quantitative estimate of drug-likeness (QED) is 0.553. The molecule has 1 aliphatic heterocycles. The number of ether oxygens (including phenoxy) is 2. The lowest BCUT2D eigenvalue weighted by molar-refractivity contribution is -0.146. The molecule has 2 aromatic rings. The van der Waals surface area contributed by atoms with E-state index in [1.807, 2.05) is 58.9 Å². The van der Waals surface area contributed by atoms with Crippen molar-refractivity contribution in [3.63, 3.8) is 0 Å². The number of H-pyrrole nitrogens is 1. The highest BCUT2D eigenvalue weighted by Crippen LogP contribution is 2.26. The van der Waals surface area contributed by atoms with Gasteiger partial charge in [0.2, 0.25) is 0 Å². The van der Waals surface area contributed by atoms with Gasteiger partial charge in [-0.1, -0.05) is 18.2 Å². The van der Waals surface area contributed by atoms with E-state index in [-0.39, 0.29) is 30.6 Å². The number of esters is 1. The van der Waals surface area contributed by atoms with Crippen molar-refractivity contribution in [3.8, 4) is 0 Å². The van der Waals surface area contributed by atoms with Crippen LogP contribution >= 0.6 is 0 Å². The highest BCUT2D eigenvalue weighted by molar-refractivity contribution is 5.86. The summed E-state index contributed by atoms with van der Waals surface area (Å²) >= 11 is 0. The number of benzene rings is 1. The van der Waals surface area contributed by atoms with E-state index in [9.17, 15) is 19.5 Å². The lowest BCUT2D eigenvalue weighted by Gasteiger charge is -2.37. The Bertz CT molecular complexity index is 1050. The van der Waals surface area contributed by atoms with Crippen molar-refractivity contribution in [2.24, 2.45) is 0 Å². The zero-order chi connectivity index (χ0) is 25.8. The third-order valence-electron chi connectivity index (χ3n) is 6.00. The number of aromatic nitrogens is 1. The number of likely N-dealkylation sites (tertiary alicyclic amines) is 1. The molecule has 9 nitrogen and oxygen atoms in total. The molecule has 35 heavy (non-hydrogen) atoms. The normalized spacial score (nSPS) is 14.9. The fourth-order valence-electron chi connectivity index (χ4n) is 4.49. The van der Waals surface area contributed by atoms with Crippen LogP contribution in [0.3, 0.4) is 0 Å². The Morgan fingerprint density at radius 1 is 1.17 bits per heavy atom. The Hall–Kier alpha value is -3.23. The van der Waals surface area contributed by atoms with Crippen LogP contribution < -0.4 is 0 Å². The largest absolute Gasteiger partial charge is 0.465 e. The molecule has 3 rings (SSSR count). The first-order chi connectivity index (χ1) is 16.4. The summed E-state index contributed by atoms with van der Waals surface area (Å²) in [5.41, 5.74) is 2.02. The first kappa shape index (κ1) is 26.4. The van der Waals surface area contributed by atoms with Crippen LogP contribution in [-0.2, 0) is 27.1 Å². The second kappa shape index (κ2) is 11.0. The number of aromatic amines is 1. The Balaban J connectivity index is 1.69. The molecule has 0 radical (unpaired) electrons. The van der Waals surface area contributed by atoms with Crippen molar-refractivity contribution < 1.29 is 29.0 Å². The van der Waals surface area contributed by atoms with Gasteiger partial charge >= 0.3 is 18.2 Å². The number of hydrogen-bond acceptors (Lipinski definition) is 5. The van der Waals surface area contributed by atoms with Crippen molar-refractivity contribution >= 4 is 29.1 Å². The summed E-state index contributed by atoms with van der Waals surface area (Å²) in [7, 11) is 0. The Morgan fingerprint density at radius 3 is 2.43 bits per heavy atom. The number of nitrogens with one attached hydrogen (secondary N) is 1. The molecular formula is C26H37N3O6. The minimum atomic E-state index is -0.985. The van der Waals surface area contributed by atoms with Crippen molar-refractivity contribution in [1.82, 2.24) is 14.8 Å². The number of amides is 2. The van der Waals surface area contributed by atoms with Gasteiger partial charge < -0.3 is 29.4 Å². The van der Waals surface area contributed by atoms with E-state index >= 15 is 0 Å². The average Bonchev–Trinajstić information content (AvgIpc) is 3.09. The third kappa shape index (κ3) is 7.13. The fourth-order valence-corrected chi connectivity index (χ4v) is 4.49. The molecule has 0 spiro atoms. The topological polar surface area (TPSA) is 112 Å². The maximum Gasteiger partial charge on any atom is 0.410 e. The summed E-state index contributed by atoms with van der Waals surface area (Å²) < 4.78 is 10.8. The molecule has 9 heteroatoms. The molecule has 1 aromatic carbocycles. The molecule has 0 atom stereocenters. The van der Waals surface area contributed by atoms with E-state index in [1.165, 1.54) is 4.90 Å². The first-order valence-corrected chi connectivity index (χ1v) is 12.2. The lowest BCUT2D eigenvalue weighted by atomic mass is 10.0. The number of fused-ring (bicyclic) bond motifs is 1. The van der Waals surface area contributed by atoms with Crippen molar-refractivity contribution in [2.75, 3.05) is 19.6 Å². The SMILES string of the molecule is CC(C)OC(=O)Cc1[nH]c2ccccc2c1CCN(C(=O)O)C1CCN(C(=O)OC(C)(C)C)CC1. The van der Waals surface area contributed by atoms with Gasteiger partial charge in [0.05, 0.1) is 12.5 Å². The van der Waals surface area contributed by atoms with Gasteiger partial charge in [0, 0.05) is 42.3 Å². The summed E-state index contributed by atoms with van der Waals surface area (Å²) in [6, 6.07) is 7.57. The Kier molecular flexibility index (Phi) is 8.30. The van der Waals surface area contributed by atoms with Crippen LogP contribution in [0.4, 0.5) is 9.59 Å². The van der Waals surface area contributed by atoms with Crippen molar-refractivity contribution in [2.45, 2.75) is 78.0 Å². The number of carbonyl (C=O) groups excluding carboxylic acids is 2. The van der Waals surface area contributed by atoms with Crippen molar-refractivity contribution in [1.29, 1.82) is 0 Å². The number of piperidine rings is 1. The smallest absolute Gasteiger partial charge is 0.410 e. The minimum absolute atomic E-state index is 0.101. The van der Waals surface area contributed by atoms with Gasteiger partial charge in [0.15, 0.2) is 0 Å². The molecule has 0 bridgehead atoms. The van der Waals surface area contributed by atoms with Crippen molar-refractivity contribution in [3.05, 3.63) is 35.5 Å². The van der Waals surface area contributed by atoms with Crippen LogP contribution in [0.5, 0.6) is 0 Å². The van der Waals surface area contributed by atoms with E-state index in [4.69, 9.17) is 9.47 Å². The number of nitrogens with zero attached hydrogens (tertiary/aromatic N) is 2. The molecule has 0 aliphatic carbocycles. The molecule has 0 saturated carbocycles. The third-order valence-corrected chi connectivity index (χ3v) is 6.00. The number of hydrogen-bond donors (Lipinski definition) is 2. The van der Waals surface area contributed by atoms with E-state index in [0.717, 1.165) is 22.2 Å². The summed E-state index contributed by atoms with van der Waals surface area (Å²) in [6.45, 7) is 10.3. The van der Waals surface area contributed by atoms with Crippen LogP contribution in [0.15, 0.2) is 24.3 Å². The molecule has 2 amide bonds. The number of carboxylic acid groups (broad SMARTS) is 1. The molecular weight excluding hydrogens is 450 g/mol. The zero-order valence-corrected chi connectivity index (χ0v) is 21.3. The van der Waals surface area contributed by atoms with Crippen LogP contribution in [0, 0.1) is 0 Å². The van der Waals surface area contributed by atoms with Gasteiger partial charge in [-0.25, -0.2) is 9.59 Å².